The summed E-state index contributed by atoms with van der Waals surface area (Å²) in [6.45, 7) is 13.0. The Hall–Kier alpha value is -0.740. The van der Waals surface area contributed by atoms with Crippen molar-refractivity contribution in [2.75, 3.05) is 0 Å². The fourth-order valence-corrected chi connectivity index (χ4v) is 7.91. The molecule has 0 bridgehead atoms. The van der Waals surface area contributed by atoms with Gasteiger partial charge in [-0.3, -0.25) is 4.57 Å². The normalized spacial score (nSPS) is 33.8. The van der Waals surface area contributed by atoms with Gasteiger partial charge in [-0.05, 0) is 67.3 Å². The molecule has 3 rings (SSSR count). The average Bonchev–Trinajstić information content (AvgIpc) is 2.73. The van der Waals surface area contributed by atoms with E-state index in [1.54, 1.807) is 12.1 Å². The van der Waals surface area contributed by atoms with Crippen molar-refractivity contribution in [2.45, 2.75) is 98.1 Å². The Balaban J connectivity index is 1.96. The first-order valence-corrected chi connectivity index (χ1v) is 14.5. The standard InChI is InChI=1S/C27H44FO4P/c1-17(2)21-13-11-19(5)15-25(21)31-33(30,27(29)23-9-7-8-10-24(23)28)32-26-16-20(6)12-14-22(26)18(3)4/h7-10,17-22,25-27,29H,11-16H2,1-6H3/t19-,20+,21+,22-,25-,26-,27+,33?/m1/s1. The van der Waals surface area contributed by atoms with Gasteiger partial charge in [-0.25, -0.2) is 4.39 Å². The number of hydrogen-bond donors (Lipinski definition) is 1. The smallest absolute Gasteiger partial charge is 0.364 e. The minimum absolute atomic E-state index is 0.0178. The Morgan fingerprint density at radius 3 is 1.76 bits per heavy atom. The van der Waals surface area contributed by atoms with Crippen LogP contribution in [0.25, 0.3) is 0 Å². The number of benzene rings is 1. The van der Waals surface area contributed by atoms with E-state index in [-0.39, 0.29) is 29.6 Å². The van der Waals surface area contributed by atoms with Crippen molar-refractivity contribution >= 4 is 7.60 Å². The quantitative estimate of drug-likeness (QED) is 0.382. The number of halogens is 1. The molecule has 0 radical (unpaired) electrons. The molecule has 2 fully saturated rings. The highest BCUT2D eigenvalue weighted by atomic mass is 31.2. The fourth-order valence-electron chi connectivity index (χ4n) is 5.84. The third-order valence-electron chi connectivity index (χ3n) is 7.97. The minimum Gasteiger partial charge on any atom is -0.376 e. The van der Waals surface area contributed by atoms with Crippen LogP contribution in [0.1, 0.15) is 91.5 Å². The minimum atomic E-state index is -4.09. The zero-order valence-electron chi connectivity index (χ0n) is 21.2. The Labute approximate surface area is 200 Å². The summed E-state index contributed by atoms with van der Waals surface area (Å²) in [7, 11) is -4.09. The fraction of sp³-hybridized carbons (Fsp3) is 0.778. The summed E-state index contributed by atoms with van der Waals surface area (Å²) >= 11 is 0. The molecule has 188 valence electrons. The largest absolute Gasteiger partial charge is 0.376 e. The van der Waals surface area contributed by atoms with E-state index in [1.165, 1.54) is 12.1 Å². The van der Waals surface area contributed by atoms with E-state index in [1.807, 2.05) is 0 Å². The van der Waals surface area contributed by atoms with E-state index < -0.39 is 19.3 Å². The summed E-state index contributed by atoms with van der Waals surface area (Å²) in [5.41, 5.74) is -0.0178. The second kappa shape index (κ2) is 11.3. The second-order valence-electron chi connectivity index (χ2n) is 11.4. The van der Waals surface area contributed by atoms with Crippen LogP contribution in [0.2, 0.25) is 0 Å². The maximum atomic E-state index is 14.7. The molecule has 0 aromatic heterocycles. The van der Waals surface area contributed by atoms with Gasteiger partial charge in [-0.15, -0.1) is 0 Å². The Morgan fingerprint density at radius 2 is 1.33 bits per heavy atom. The van der Waals surface area contributed by atoms with Crippen molar-refractivity contribution in [1.29, 1.82) is 0 Å². The van der Waals surface area contributed by atoms with Gasteiger partial charge in [0.25, 0.3) is 0 Å². The van der Waals surface area contributed by atoms with E-state index >= 15 is 0 Å². The summed E-state index contributed by atoms with van der Waals surface area (Å²) in [6, 6.07) is 5.97. The van der Waals surface area contributed by atoms with E-state index in [0.29, 0.717) is 23.7 Å². The van der Waals surface area contributed by atoms with Gasteiger partial charge in [0.05, 0.1) is 12.2 Å². The lowest BCUT2D eigenvalue weighted by Crippen LogP contribution is -2.37. The molecule has 0 heterocycles. The molecule has 1 aromatic rings. The number of aliphatic hydroxyl groups is 1. The van der Waals surface area contributed by atoms with Gasteiger partial charge in [0.15, 0.2) is 5.85 Å². The Kier molecular flexibility index (Phi) is 9.22. The highest BCUT2D eigenvalue weighted by Crippen LogP contribution is 2.64. The molecule has 0 saturated heterocycles. The molecule has 2 saturated carbocycles. The first-order valence-electron chi connectivity index (χ1n) is 12.9. The van der Waals surface area contributed by atoms with Crippen LogP contribution in [-0.2, 0) is 13.6 Å². The summed E-state index contributed by atoms with van der Waals surface area (Å²) in [5, 5.41) is 11.3. The van der Waals surface area contributed by atoms with Crippen molar-refractivity contribution in [2.24, 2.45) is 35.5 Å². The van der Waals surface area contributed by atoms with Gasteiger partial charge in [-0.2, -0.15) is 0 Å². The van der Waals surface area contributed by atoms with Crippen LogP contribution < -0.4 is 0 Å². The molecule has 0 spiro atoms. The number of aliphatic hydroxyl groups excluding tert-OH is 1. The van der Waals surface area contributed by atoms with Crippen LogP contribution in [0.15, 0.2) is 24.3 Å². The predicted molar refractivity (Wildman–Crippen MR) is 131 cm³/mol. The molecule has 0 aliphatic heterocycles. The number of rotatable bonds is 8. The zero-order chi connectivity index (χ0) is 24.3. The van der Waals surface area contributed by atoms with Gasteiger partial charge < -0.3 is 14.2 Å². The molecule has 1 N–H and O–H groups in total. The lowest BCUT2D eigenvalue weighted by atomic mass is 9.75. The molecule has 4 nitrogen and oxygen atoms in total. The van der Waals surface area contributed by atoms with Gasteiger partial charge in [-0.1, -0.05) is 72.6 Å². The Bertz CT molecular complexity index is 775. The van der Waals surface area contributed by atoms with Gasteiger partial charge >= 0.3 is 7.60 Å². The summed E-state index contributed by atoms with van der Waals surface area (Å²) in [4.78, 5) is 0. The lowest BCUT2D eigenvalue weighted by molar-refractivity contribution is -0.0156. The van der Waals surface area contributed by atoms with Crippen LogP contribution >= 0.6 is 7.60 Å². The van der Waals surface area contributed by atoms with Crippen LogP contribution in [0, 0.1) is 41.3 Å². The van der Waals surface area contributed by atoms with Crippen molar-refractivity contribution in [1.82, 2.24) is 0 Å². The van der Waals surface area contributed by atoms with Crippen molar-refractivity contribution in [3.05, 3.63) is 35.6 Å². The molecule has 2 aliphatic rings. The molecule has 2 aliphatic carbocycles. The van der Waals surface area contributed by atoms with Crippen molar-refractivity contribution < 1.29 is 23.1 Å². The highest BCUT2D eigenvalue weighted by molar-refractivity contribution is 7.54. The van der Waals surface area contributed by atoms with Crippen LogP contribution in [0.4, 0.5) is 4.39 Å². The average molecular weight is 483 g/mol. The van der Waals surface area contributed by atoms with Crippen LogP contribution in [0.3, 0.4) is 0 Å². The number of hydrogen-bond acceptors (Lipinski definition) is 4. The van der Waals surface area contributed by atoms with Crippen molar-refractivity contribution in [3.63, 3.8) is 0 Å². The molecule has 0 amide bonds. The highest BCUT2D eigenvalue weighted by Gasteiger charge is 2.47. The van der Waals surface area contributed by atoms with E-state index in [2.05, 4.69) is 41.5 Å². The van der Waals surface area contributed by atoms with Crippen LogP contribution in [-0.4, -0.2) is 17.3 Å². The van der Waals surface area contributed by atoms with E-state index in [0.717, 1.165) is 38.5 Å². The van der Waals surface area contributed by atoms with Gasteiger partial charge in [0.2, 0.25) is 0 Å². The van der Waals surface area contributed by atoms with Crippen molar-refractivity contribution in [3.8, 4) is 0 Å². The Morgan fingerprint density at radius 1 is 0.879 bits per heavy atom. The first-order chi connectivity index (χ1) is 15.5. The molecule has 1 unspecified atom stereocenters. The second-order valence-corrected chi connectivity index (χ2v) is 13.4. The predicted octanol–water partition coefficient (Wildman–Crippen LogP) is 7.96. The lowest BCUT2D eigenvalue weighted by Gasteiger charge is -2.42. The third-order valence-corrected chi connectivity index (χ3v) is 9.98. The molecule has 6 heteroatoms. The maximum absolute atomic E-state index is 14.7. The molecular weight excluding hydrogens is 438 g/mol. The summed E-state index contributed by atoms with van der Waals surface area (Å²) in [5.74, 6) is -0.154. The topological polar surface area (TPSA) is 55.8 Å². The molecular formula is C27H44FO4P. The van der Waals surface area contributed by atoms with E-state index in [4.69, 9.17) is 9.05 Å². The maximum Gasteiger partial charge on any atom is 0.364 e. The van der Waals surface area contributed by atoms with Gasteiger partial charge in [0, 0.05) is 5.56 Å². The third kappa shape index (κ3) is 6.48. The van der Waals surface area contributed by atoms with Crippen LogP contribution in [0.5, 0.6) is 0 Å². The molecule has 33 heavy (non-hydrogen) atoms. The van der Waals surface area contributed by atoms with E-state index in [9.17, 15) is 14.1 Å². The van der Waals surface area contributed by atoms with Gasteiger partial charge in [0.1, 0.15) is 5.82 Å². The summed E-state index contributed by atoms with van der Waals surface area (Å²) in [6.07, 6.45) is 5.20. The zero-order valence-corrected chi connectivity index (χ0v) is 22.1. The SMILES string of the molecule is CC(C)[C@H]1CC[C@H](C)C[C@H]1OP(=O)(O[C@@H]1C[C@H](C)CC[C@H]1C(C)C)[C@H](O)c1ccccc1F. The summed E-state index contributed by atoms with van der Waals surface area (Å²) < 4.78 is 41.9. The molecule has 1 aromatic carbocycles. The first kappa shape index (κ1) is 26.9. The monoisotopic (exact) mass is 482 g/mol. The molecule has 8 atom stereocenters.